The first-order chi connectivity index (χ1) is 9.66. The Labute approximate surface area is 118 Å². The molecule has 104 valence electrons. The second-order valence-corrected chi connectivity index (χ2v) is 5.06. The molecule has 2 heterocycles. The Kier molecular flexibility index (Phi) is 3.18. The van der Waals surface area contributed by atoms with Gasteiger partial charge < -0.3 is 10.2 Å². The number of nitrogens with zero attached hydrogens (tertiary/aromatic N) is 3. The highest BCUT2D eigenvalue weighted by atomic mass is 16.2. The van der Waals surface area contributed by atoms with Crippen LogP contribution in [0, 0.1) is 6.92 Å². The van der Waals surface area contributed by atoms with E-state index in [9.17, 15) is 4.79 Å². The van der Waals surface area contributed by atoms with Gasteiger partial charge in [0.05, 0.1) is 22.6 Å². The lowest BCUT2D eigenvalue weighted by Gasteiger charge is -2.22. The van der Waals surface area contributed by atoms with Crippen molar-refractivity contribution in [3.63, 3.8) is 0 Å². The predicted molar refractivity (Wildman–Crippen MR) is 79.2 cm³/mol. The summed E-state index contributed by atoms with van der Waals surface area (Å²) >= 11 is 0. The molecule has 0 saturated heterocycles. The number of nitrogens with one attached hydrogen (secondary N) is 1. The van der Waals surface area contributed by atoms with Crippen molar-refractivity contribution in [3.05, 3.63) is 41.7 Å². The fraction of sp³-hybridized carbons (Fsp3) is 0.333. The summed E-state index contributed by atoms with van der Waals surface area (Å²) in [7, 11) is 1.84. The fourth-order valence-corrected chi connectivity index (χ4v) is 2.61. The zero-order valence-corrected chi connectivity index (χ0v) is 11.8. The highest BCUT2D eigenvalue weighted by Gasteiger charge is 2.24. The lowest BCUT2D eigenvalue weighted by atomic mass is 10.2. The van der Waals surface area contributed by atoms with Gasteiger partial charge in [0, 0.05) is 26.3 Å². The maximum atomic E-state index is 12.8. The average molecular weight is 270 g/mol. The molecule has 0 fully saturated rings. The minimum atomic E-state index is 0.0201. The number of fused-ring (bicyclic) bond motifs is 1. The molecule has 0 unspecified atom stereocenters. The molecule has 0 bridgehead atoms. The van der Waals surface area contributed by atoms with Gasteiger partial charge in [-0.05, 0) is 25.5 Å². The third kappa shape index (κ3) is 2.15. The van der Waals surface area contributed by atoms with Gasteiger partial charge in [-0.15, -0.1) is 0 Å². The molecular formula is C15H18N4O. The number of aromatic nitrogens is 2. The molecule has 0 atom stereocenters. The standard InChI is InChI=1S/C15H18N4O/c1-11-12(10-18(2)17-11)15(20)19-9-5-8-16-13-6-3-4-7-14(13)19/h3-4,6-7,10,16H,5,8-9H2,1-2H3. The first-order valence-corrected chi connectivity index (χ1v) is 6.82. The number of rotatable bonds is 1. The van der Waals surface area contributed by atoms with Gasteiger partial charge in [-0.2, -0.15) is 5.10 Å². The van der Waals surface area contributed by atoms with Crippen LogP contribution >= 0.6 is 0 Å². The van der Waals surface area contributed by atoms with Crippen molar-refractivity contribution in [3.8, 4) is 0 Å². The van der Waals surface area contributed by atoms with Gasteiger partial charge in [0.2, 0.25) is 0 Å². The maximum Gasteiger partial charge on any atom is 0.261 e. The maximum absolute atomic E-state index is 12.8. The third-order valence-electron chi connectivity index (χ3n) is 3.56. The van der Waals surface area contributed by atoms with E-state index in [-0.39, 0.29) is 5.91 Å². The molecule has 5 nitrogen and oxygen atoms in total. The second-order valence-electron chi connectivity index (χ2n) is 5.06. The van der Waals surface area contributed by atoms with Crippen LogP contribution in [0.1, 0.15) is 22.5 Å². The van der Waals surface area contributed by atoms with Gasteiger partial charge in [-0.1, -0.05) is 12.1 Å². The van der Waals surface area contributed by atoms with Crippen LogP contribution in [0.5, 0.6) is 0 Å². The van der Waals surface area contributed by atoms with Crippen molar-refractivity contribution in [2.45, 2.75) is 13.3 Å². The molecule has 1 amide bonds. The fourth-order valence-electron chi connectivity index (χ4n) is 2.61. The second kappa shape index (κ2) is 5.00. The summed E-state index contributed by atoms with van der Waals surface area (Å²) in [5, 5.41) is 7.63. The average Bonchev–Trinajstić information content (AvgIpc) is 2.66. The molecule has 0 saturated carbocycles. The van der Waals surface area contributed by atoms with Crippen LogP contribution < -0.4 is 10.2 Å². The minimum absolute atomic E-state index is 0.0201. The molecule has 1 aromatic heterocycles. The van der Waals surface area contributed by atoms with Gasteiger partial charge in [0.15, 0.2) is 0 Å². The zero-order valence-electron chi connectivity index (χ0n) is 11.8. The van der Waals surface area contributed by atoms with E-state index in [0.29, 0.717) is 5.56 Å². The first-order valence-electron chi connectivity index (χ1n) is 6.82. The molecule has 1 aliphatic heterocycles. The molecular weight excluding hydrogens is 252 g/mol. The summed E-state index contributed by atoms with van der Waals surface area (Å²) in [6.07, 6.45) is 2.72. The SMILES string of the molecule is Cc1nn(C)cc1C(=O)N1CCCNc2ccccc21. The Balaban J connectivity index is 2.01. The van der Waals surface area contributed by atoms with Crippen LogP contribution in [0.25, 0.3) is 0 Å². The lowest BCUT2D eigenvalue weighted by molar-refractivity contribution is 0.0986. The summed E-state index contributed by atoms with van der Waals surface area (Å²) in [5.74, 6) is 0.0201. The van der Waals surface area contributed by atoms with Crippen LogP contribution in [0.2, 0.25) is 0 Å². The van der Waals surface area contributed by atoms with E-state index in [1.54, 1.807) is 10.9 Å². The van der Waals surface area contributed by atoms with Crippen molar-refractivity contribution in [1.29, 1.82) is 0 Å². The number of benzene rings is 1. The van der Waals surface area contributed by atoms with Crippen LogP contribution in [0.4, 0.5) is 11.4 Å². The highest BCUT2D eigenvalue weighted by molar-refractivity contribution is 6.08. The summed E-state index contributed by atoms with van der Waals surface area (Å²) < 4.78 is 1.69. The Hall–Kier alpha value is -2.30. The van der Waals surface area contributed by atoms with E-state index in [0.717, 1.165) is 36.6 Å². The molecule has 2 aromatic rings. The number of aryl methyl sites for hydroxylation is 2. The van der Waals surface area contributed by atoms with Gasteiger partial charge in [-0.25, -0.2) is 0 Å². The third-order valence-corrected chi connectivity index (χ3v) is 3.56. The number of carbonyl (C=O) groups excluding carboxylic acids is 1. The van der Waals surface area contributed by atoms with Gasteiger partial charge in [0.1, 0.15) is 0 Å². The molecule has 5 heteroatoms. The molecule has 0 spiro atoms. The van der Waals surface area contributed by atoms with Crippen LogP contribution in [-0.4, -0.2) is 28.8 Å². The van der Waals surface area contributed by atoms with Crippen LogP contribution in [0.3, 0.4) is 0 Å². The number of hydrogen-bond acceptors (Lipinski definition) is 3. The normalized spacial score (nSPS) is 14.4. The largest absolute Gasteiger partial charge is 0.383 e. The Morgan fingerprint density at radius 1 is 1.35 bits per heavy atom. The smallest absolute Gasteiger partial charge is 0.261 e. The number of para-hydroxylation sites is 2. The zero-order chi connectivity index (χ0) is 14.1. The summed E-state index contributed by atoms with van der Waals surface area (Å²) in [5.41, 5.74) is 3.40. The number of amides is 1. The van der Waals surface area contributed by atoms with E-state index in [4.69, 9.17) is 0 Å². The number of carbonyl (C=O) groups is 1. The minimum Gasteiger partial charge on any atom is -0.383 e. The van der Waals surface area contributed by atoms with E-state index in [1.165, 1.54) is 0 Å². The molecule has 1 N–H and O–H groups in total. The Morgan fingerprint density at radius 2 is 2.15 bits per heavy atom. The quantitative estimate of drug-likeness (QED) is 0.864. The molecule has 0 radical (unpaired) electrons. The predicted octanol–water partition coefficient (Wildman–Crippen LogP) is 2.19. The molecule has 20 heavy (non-hydrogen) atoms. The molecule has 1 aromatic carbocycles. The van der Waals surface area contributed by atoms with Crippen LogP contribution in [-0.2, 0) is 7.05 Å². The van der Waals surface area contributed by atoms with E-state index in [2.05, 4.69) is 10.4 Å². The first kappa shape index (κ1) is 12.7. The molecule has 0 aliphatic carbocycles. The Morgan fingerprint density at radius 3 is 2.90 bits per heavy atom. The van der Waals surface area contributed by atoms with Crippen LogP contribution in [0.15, 0.2) is 30.5 Å². The number of hydrogen-bond donors (Lipinski definition) is 1. The molecule has 3 rings (SSSR count). The molecule has 1 aliphatic rings. The monoisotopic (exact) mass is 270 g/mol. The number of anilines is 2. The van der Waals surface area contributed by atoms with Gasteiger partial charge in [0.25, 0.3) is 5.91 Å². The van der Waals surface area contributed by atoms with Crippen molar-refractivity contribution in [1.82, 2.24) is 9.78 Å². The van der Waals surface area contributed by atoms with Crippen molar-refractivity contribution in [2.24, 2.45) is 7.05 Å². The summed E-state index contributed by atoms with van der Waals surface area (Å²) in [6.45, 7) is 3.47. The van der Waals surface area contributed by atoms with Crippen molar-refractivity contribution in [2.75, 3.05) is 23.3 Å². The van der Waals surface area contributed by atoms with E-state index < -0.39 is 0 Å². The van der Waals surface area contributed by atoms with Gasteiger partial charge >= 0.3 is 0 Å². The summed E-state index contributed by atoms with van der Waals surface area (Å²) in [6, 6.07) is 7.94. The Bertz CT molecular complexity index is 647. The summed E-state index contributed by atoms with van der Waals surface area (Å²) in [4.78, 5) is 14.6. The van der Waals surface area contributed by atoms with E-state index >= 15 is 0 Å². The highest BCUT2D eigenvalue weighted by Crippen LogP contribution is 2.29. The lowest BCUT2D eigenvalue weighted by Crippen LogP contribution is -2.31. The topological polar surface area (TPSA) is 50.2 Å². The van der Waals surface area contributed by atoms with Crippen molar-refractivity contribution >= 4 is 17.3 Å². The van der Waals surface area contributed by atoms with Gasteiger partial charge in [-0.3, -0.25) is 9.48 Å². The van der Waals surface area contributed by atoms with Crippen molar-refractivity contribution < 1.29 is 4.79 Å². The van der Waals surface area contributed by atoms with E-state index in [1.807, 2.05) is 43.1 Å².